The van der Waals surface area contributed by atoms with E-state index < -0.39 is 4.92 Å². The van der Waals surface area contributed by atoms with Gasteiger partial charge in [0, 0.05) is 29.2 Å². The predicted molar refractivity (Wildman–Crippen MR) is 115 cm³/mol. The first kappa shape index (κ1) is 19.0. The molecule has 1 N–H and O–H groups in total. The molecule has 0 unspecified atom stereocenters. The third-order valence-corrected chi connectivity index (χ3v) is 5.67. The highest BCUT2D eigenvalue weighted by atomic mass is 32.1. The minimum atomic E-state index is -0.456. The van der Waals surface area contributed by atoms with Crippen LogP contribution in [0.1, 0.15) is 29.5 Å². The fourth-order valence-electron chi connectivity index (χ4n) is 3.38. The zero-order valence-electron chi connectivity index (χ0n) is 15.6. The van der Waals surface area contributed by atoms with Crippen molar-refractivity contribution in [2.45, 2.75) is 25.7 Å². The Morgan fingerprint density at radius 2 is 1.86 bits per heavy atom. The summed E-state index contributed by atoms with van der Waals surface area (Å²) in [6.45, 7) is 0. The lowest BCUT2D eigenvalue weighted by atomic mass is 9.90. The molecule has 0 bridgehead atoms. The number of nitro groups is 1. The molecule has 4 rings (SSSR count). The summed E-state index contributed by atoms with van der Waals surface area (Å²) in [5, 5.41) is 15.9. The normalized spacial score (nSPS) is 13.2. The molecule has 0 saturated heterocycles. The molecule has 29 heavy (non-hydrogen) atoms. The number of nitro benzene ring substituents is 1. The SMILES string of the molecule is O=C(C=Cc1ccc([N+](=O)[O-])cc1)Nc1nc(-c2ccc3c(c2)CCCC3)cs1. The van der Waals surface area contributed by atoms with E-state index in [2.05, 4.69) is 28.5 Å². The Balaban J connectivity index is 1.41. The van der Waals surface area contributed by atoms with Gasteiger partial charge in [0.1, 0.15) is 0 Å². The van der Waals surface area contributed by atoms with Crippen LogP contribution < -0.4 is 5.32 Å². The van der Waals surface area contributed by atoms with Crippen LogP contribution in [0.3, 0.4) is 0 Å². The van der Waals surface area contributed by atoms with Gasteiger partial charge < -0.3 is 0 Å². The molecule has 0 radical (unpaired) electrons. The third-order valence-electron chi connectivity index (χ3n) is 4.91. The number of fused-ring (bicyclic) bond motifs is 1. The van der Waals surface area contributed by atoms with Crippen molar-refractivity contribution >= 4 is 34.1 Å². The molecule has 6 nitrogen and oxygen atoms in total. The van der Waals surface area contributed by atoms with Crippen molar-refractivity contribution in [3.8, 4) is 11.3 Å². The molecule has 7 heteroatoms. The van der Waals surface area contributed by atoms with Crippen LogP contribution in [0, 0.1) is 10.1 Å². The summed E-state index contributed by atoms with van der Waals surface area (Å²) in [6, 6.07) is 12.5. The van der Waals surface area contributed by atoms with Crippen molar-refractivity contribution in [1.29, 1.82) is 0 Å². The summed E-state index contributed by atoms with van der Waals surface area (Å²) in [5.41, 5.74) is 5.49. The summed E-state index contributed by atoms with van der Waals surface area (Å²) >= 11 is 1.39. The minimum absolute atomic E-state index is 0.0177. The van der Waals surface area contributed by atoms with Gasteiger partial charge in [0.2, 0.25) is 5.91 Å². The summed E-state index contributed by atoms with van der Waals surface area (Å²) in [6.07, 6.45) is 7.75. The van der Waals surface area contributed by atoms with Crippen LogP contribution in [0.5, 0.6) is 0 Å². The van der Waals surface area contributed by atoms with E-state index in [9.17, 15) is 14.9 Å². The maximum atomic E-state index is 12.2. The largest absolute Gasteiger partial charge is 0.298 e. The van der Waals surface area contributed by atoms with E-state index in [0.717, 1.165) is 24.1 Å². The topological polar surface area (TPSA) is 85.1 Å². The summed E-state index contributed by atoms with van der Waals surface area (Å²) in [5.74, 6) is -0.297. The number of rotatable bonds is 5. The van der Waals surface area contributed by atoms with Gasteiger partial charge in [0.15, 0.2) is 5.13 Å². The maximum Gasteiger partial charge on any atom is 0.269 e. The Bertz CT molecular complexity index is 1090. The number of anilines is 1. The summed E-state index contributed by atoms with van der Waals surface area (Å²) < 4.78 is 0. The quantitative estimate of drug-likeness (QED) is 0.357. The number of amides is 1. The molecule has 0 aliphatic heterocycles. The molecule has 0 saturated carbocycles. The number of hydrogen-bond donors (Lipinski definition) is 1. The number of hydrogen-bond acceptors (Lipinski definition) is 5. The number of carbonyl (C=O) groups excluding carboxylic acids is 1. The lowest BCUT2D eigenvalue weighted by Gasteiger charge is -2.16. The number of thiazole rings is 1. The van der Waals surface area contributed by atoms with Gasteiger partial charge >= 0.3 is 0 Å². The fourth-order valence-corrected chi connectivity index (χ4v) is 4.11. The Morgan fingerprint density at radius 3 is 2.62 bits per heavy atom. The molecule has 1 aliphatic rings. The smallest absolute Gasteiger partial charge is 0.269 e. The molecule has 1 aliphatic carbocycles. The molecule has 0 fully saturated rings. The van der Waals surface area contributed by atoms with Crippen LogP contribution in [-0.2, 0) is 17.6 Å². The van der Waals surface area contributed by atoms with Crippen molar-refractivity contribution in [1.82, 2.24) is 4.98 Å². The number of nitrogens with one attached hydrogen (secondary N) is 1. The van der Waals surface area contributed by atoms with Crippen LogP contribution in [-0.4, -0.2) is 15.8 Å². The lowest BCUT2D eigenvalue weighted by Crippen LogP contribution is -2.07. The van der Waals surface area contributed by atoms with E-state index in [1.807, 2.05) is 5.38 Å². The first-order valence-corrected chi connectivity index (χ1v) is 10.3. The van der Waals surface area contributed by atoms with E-state index in [1.54, 1.807) is 18.2 Å². The summed E-state index contributed by atoms with van der Waals surface area (Å²) in [7, 11) is 0. The minimum Gasteiger partial charge on any atom is -0.298 e. The monoisotopic (exact) mass is 405 g/mol. The van der Waals surface area contributed by atoms with Crippen molar-refractivity contribution in [2.75, 3.05) is 5.32 Å². The number of aryl methyl sites for hydroxylation is 2. The lowest BCUT2D eigenvalue weighted by molar-refractivity contribution is -0.384. The molecule has 2 aromatic carbocycles. The Morgan fingerprint density at radius 1 is 1.10 bits per heavy atom. The second-order valence-corrected chi connectivity index (χ2v) is 7.76. The number of carbonyl (C=O) groups is 1. The molecule has 3 aromatic rings. The molecule has 1 aromatic heterocycles. The maximum absolute atomic E-state index is 12.2. The molecule has 0 atom stereocenters. The molecular formula is C22H19N3O3S. The summed E-state index contributed by atoms with van der Waals surface area (Å²) in [4.78, 5) is 26.9. The van der Waals surface area contributed by atoms with Crippen LogP contribution >= 0.6 is 11.3 Å². The van der Waals surface area contributed by atoms with Gasteiger partial charge in [-0.3, -0.25) is 20.2 Å². The average Bonchev–Trinajstić information content (AvgIpc) is 3.20. The van der Waals surface area contributed by atoms with Gasteiger partial charge in [-0.25, -0.2) is 4.98 Å². The highest BCUT2D eigenvalue weighted by Crippen LogP contribution is 2.29. The van der Waals surface area contributed by atoms with Gasteiger partial charge in [-0.05, 0) is 66.6 Å². The first-order chi connectivity index (χ1) is 14.1. The van der Waals surface area contributed by atoms with Gasteiger partial charge in [0.05, 0.1) is 10.6 Å². The highest BCUT2D eigenvalue weighted by Gasteiger charge is 2.12. The van der Waals surface area contributed by atoms with E-state index in [0.29, 0.717) is 10.7 Å². The first-order valence-electron chi connectivity index (χ1n) is 9.40. The van der Waals surface area contributed by atoms with E-state index >= 15 is 0 Å². The zero-order chi connectivity index (χ0) is 20.2. The average molecular weight is 405 g/mol. The molecule has 1 heterocycles. The molecule has 0 spiro atoms. The Hall–Kier alpha value is -3.32. The van der Waals surface area contributed by atoms with Gasteiger partial charge in [0.25, 0.3) is 5.69 Å². The Labute approximate surface area is 172 Å². The van der Waals surface area contributed by atoms with Crippen LogP contribution in [0.25, 0.3) is 17.3 Å². The fraction of sp³-hybridized carbons (Fsp3) is 0.182. The number of nitrogens with zero attached hydrogens (tertiary/aromatic N) is 2. The van der Waals surface area contributed by atoms with E-state index in [1.165, 1.54) is 53.5 Å². The highest BCUT2D eigenvalue weighted by molar-refractivity contribution is 7.14. The number of aromatic nitrogens is 1. The standard InChI is InChI=1S/C22H19N3O3S/c26-21(12-7-15-5-10-19(11-6-15)25(27)28)24-22-23-20(14-29-22)18-9-8-16-3-1-2-4-17(16)13-18/h5-14H,1-4H2,(H,23,24,26). The molecular weight excluding hydrogens is 386 g/mol. The molecule has 146 valence electrons. The van der Waals surface area contributed by atoms with Gasteiger partial charge in [-0.15, -0.1) is 11.3 Å². The van der Waals surface area contributed by atoms with Crippen LogP contribution in [0.2, 0.25) is 0 Å². The third kappa shape index (κ3) is 4.57. The molecule has 1 amide bonds. The van der Waals surface area contributed by atoms with E-state index in [4.69, 9.17) is 0 Å². The van der Waals surface area contributed by atoms with Crippen molar-refractivity contribution in [3.63, 3.8) is 0 Å². The van der Waals surface area contributed by atoms with Crippen molar-refractivity contribution in [2.24, 2.45) is 0 Å². The number of non-ortho nitro benzene ring substituents is 1. The van der Waals surface area contributed by atoms with Gasteiger partial charge in [-0.2, -0.15) is 0 Å². The zero-order valence-corrected chi connectivity index (χ0v) is 16.4. The second-order valence-electron chi connectivity index (χ2n) is 6.90. The van der Waals surface area contributed by atoms with Crippen molar-refractivity contribution < 1.29 is 9.72 Å². The van der Waals surface area contributed by atoms with Crippen LogP contribution in [0.15, 0.2) is 53.9 Å². The van der Waals surface area contributed by atoms with Gasteiger partial charge in [-0.1, -0.05) is 12.1 Å². The van der Waals surface area contributed by atoms with Crippen LogP contribution in [0.4, 0.5) is 10.8 Å². The van der Waals surface area contributed by atoms with Crippen molar-refractivity contribution in [3.05, 3.63) is 80.7 Å². The predicted octanol–water partition coefficient (Wildman–Crippen LogP) is 5.25. The Kier molecular flexibility index (Phi) is 5.48. The second kappa shape index (κ2) is 8.36. The number of benzene rings is 2. The van der Waals surface area contributed by atoms with E-state index in [-0.39, 0.29) is 11.6 Å².